The Hall–Kier alpha value is -2.35. The topological polar surface area (TPSA) is 75.9 Å². The van der Waals surface area contributed by atoms with E-state index in [1.165, 1.54) is 6.07 Å². The van der Waals surface area contributed by atoms with Crippen LogP contribution in [0.3, 0.4) is 0 Å². The molecule has 1 saturated heterocycles. The molecule has 1 aliphatic heterocycles. The Morgan fingerprint density at radius 2 is 1.86 bits per heavy atom. The lowest BCUT2D eigenvalue weighted by molar-refractivity contribution is -0.384. The van der Waals surface area contributed by atoms with Gasteiger partial charge in [-0.15, -0.1) is 0 Å². The number of carbonyl (C=O) groups excluding carboxylic acids is 1. The lowest BCUT2D eigenvalue weighted by Gasteiger charge is -2.35. The van der Waals surface area contributed by atoms with Gasteiger partial charge in [0.1, 0.15) is 10.8 Å². The van der Waals surface area contributed by atoms with Gasteiger partial charge in [0, 0.05) is 44.9 Å². The fourth-order valence-electron chi connectivity index (χ4n) is 3.23. The first-order valence-corrected chi connectivity index (χ1v) is 9.96. The van der Waals surface area contributed by atoms with Gasteiger partial charge in [-0.3, -0.25) is 19.8 Å². The molecule has 29 heavy (non-hydrogen) atoms. The molecule has 1 amide bonds. The summed E-state index contributed by atoms with van der Waals surface area (Å²) in [6.45, 7) is 4.77. The minimum atomic E-state index is -0.686. The maximum absolute atomic E-state index is 12.7. The summed E-state index contributed by atoms with van der Waals surface area (Å²) in [5.41, 5.74) is 0.966. The summed E-state index contributed by atoms with van der Waals surface area (Å²) in [6.07, 6.45) is -0.686. The highest BCUT2D eigenvalue weighted by Crippen LogP contribution is 2.32. The van der Waals surface area contributed by atoms with E-state index in [1.54, 1.807) is 42.2 Å². The summed E-state index contributed by atoms with van der Waals surface area (Å²) >= 11 is 12.1. The Bertz CT molecular complexity index is 901. The molecule has 2 aromatic carbocycles. The van der Waals surface area contributed by atoms with Crippen molar-refractivity contribution >= 4 is 34.8 Å². The molecule has 0 radical (unpaired) electrons. The largest absolute Gasteiger partial charge is 0.479 e. The molecule has 0 aromatic heterocycles. The van der Waals surface area contributed by atoms with Crippen molar-refractivity contribution < 1.29 is 14.5 Å². The summed E-state index contributed by atoms with van der Waals surface area (Å²) in [7, 11) is 0. The molecular formula is C20H21Cl2N3O4. The Balaban J connectivity index is 1.53. The maximum Gasteiger partial charge on any atom is 0.269 e. The first kappa shape index (κ1) is 21.4. The number of nitro benzene ring substituents is 1. The van der Waals surface area contributed by atoms with E-state index < -0.39 is 11.0 Å². The molecule has 0 N–H and O–H groups in total. The van der Waals surface area contributed by atoms with Gasteiger partial charge in [-0.05, 0) is 24.6 Å². The van der Waals surface area contributed by atoms with Crippen LogP contribution in [0.1, 0.15) is 12.5 Å². The van der Waals surface area contributed by atoms with Crippen molar-refractivity contribution in [2.75, 3.05) is 26.2 Å². The van der Waals surface area contributed by atoms with Crippen LogP contribution in [0, 0.1) is 10.1 Å². The molecule has 1 aliphatic rings. The second kappa shape index (κ2) is 9.43. The van der Waals surface area contributed by atoms with E-state index in [-0.39, 0.29) is 16.6 Å². The number of rotatable bonds is 6. The minimum Gasteiger partial charge on any atom is -0.479 e. The van der Waals surface area contributed by atoms with Crippen molar-refractivity contribution in [3.05, 3.63) is 68.2 Å². The second-order valence-corrected chi connectivity index (χ2v) is 7.63. The van der Waals surface area contributed by atoms with Crippen LogP contribution >= 0.6 is 23.2 Å². The van der Waals surface area contributed by atoms with E-state index in [2.05, 4.69) is 4.90 Å². The molecule has 7 nitrogen and oxygen atoms in total. The number of benzene rings is 2. The van der Waals surface area contributed by atoms with Crippen LogP contribution in [-0.2, 0) is 11.3 Å². The Morgan fingerprint density at radius 3 is 2.55 bits per heavy atom. The standard InChI is InChI=1S/C20H21Cl2N3O4/c1-14(29-18-7-3-6-17(21)19(18)22)20(26)24-10-8-23(9-11-24)13-15-4-2-5-16(12-15)25(27)28/h2-7,12,14H,8-11,13H2,1H3. The van der Waals surface area contributed by atoms with Gasteiger partial charge in [0.05, 0.1) is 9.95 Å². The van der Waals surface area contributed by atoms with Gasteiger partial charge in [0.2, 0.25) is 0 Å². The van der Waals surface area contributed by atoms with Crippen molar-refractivity contribution in [1.29, 1.82) is 0 Å². The average molecular weight is 438 g/mol. The smallest absolute Gasteiger partial charge is 0.269 e. The predicted octanol–water partition coefficient (Wildman–Crippen LogP) is 4.01. The molecule has 3 rings (SSSR count). The number of nitrogens with zero attached hydrogens (tertiary/aromatic N) is 3. The van der Waals surface area contributed by atoms with Crippen molar-refractivity contribution in [2.24, 2.45) is 0 Å². The Kier molecular flexibility index (Phi) is 6.95. The number of piperazine rings is 1. The lowest BCUT2D eigenvalue weighted by atomic mass is 10.1. The van der Waals surface area contributed by atoms with Crippen molar-refractivity contribution in [3.8, 4) is 5.75 Å². The summed E-state index contributed by atoms with van der Waals surface area (Å²) in [6, 6.07) is 11.7. The lowest BCUT2D eigenvalue weighted by Crippen LogP contribution is -2.51. The van der Waals surface area contributed by atoms with E-state index in [0.717, 1.165) is 5.56 Å². The molecule has 1 atom stereocenters. The predicted molar refractivity (Wildman–Crippen MR) is 112 cm³/mol. The van der Waals surface area contributed by atoms with Crippen molar-refractivity contribution in [3.63, 3.8) is 0 Å². The number of non-ortho nitro benzene ring substituents is 1. The molecule has 0 saturated carbocycles. The van der Waals surface area contributed by atoms with Gasteiger partial charge in [-0.1, -0.05) is 41.4 Å². The average Bonchev–Trinajstić information content (AvgIpc) is 2.71. The molecule has 0 bridgehead atoms. The maximum atomic E-state index is 12.7. The number of carbonyl (C=O) groups is 1. The SMILES string of the molecule is CC(Oc1cccc(Cl)c1Cl)C(=O)N1CCN(Cc2cccc([N+](=O)[O-])c2)CC1. The zero-order chi connectivity index (χ0) is 21.0. The number of ether oxygens (including phenoxy) is 1. The minimum absolute atomic E-state index is 0.0852. The number of hydrogen-bond donors (Lipinski definition) is 0. The highest BCUT2D eigenvalue weighted by atomic mass is 35.5. The normalized spacial score (nSPS) is 15.8. The molecular weight excluding hydrogens is 417 g/mol. The van der Waals surface area contributed by atoms with E-state index >= 15 is 0 Å². The summed E-state index contributed by atoms with van der Waals surface area (Å²) in [5, 5.41) is 11.6. The van der Waals surface area contributed by atoms with Crippen molar-refractivity contribution in [1.82, 2.24) is 9.80 Å². The van der Waals surface area contributed by atoms with Crippen LogP contribution in [0.15, 0.2) is 42.5 Å². The third-order valence-corrected chi connectivity index (χ3v) is 5.58. The quantitative estimate of drug-likeness (QED) is 0.503. The van der Waals surface area contributed by atoms with E-state index in [0.29, 0.717) is 43.5 Å². The molecule has 2 aromatic rings. The monoisotopic (exact) mass is 437 g/mol. The first-order valence-electron chi connectivity index (χ1n) is 9.20. The highest BCUT2D eigenvalue weighted by Gasteiger charge is 2.26. The van der Waals surface area contributed by atoms with Crippen molar-refractivity contribution in [2.45, 2.75) is 19.6 Å². The van der Waals surface area contributed by atoms with Gasteiger partial charge in [0.15, 0.2) is 6.10 Å². The fraction of sp³-hybridized carbons (Fsp3) is 0.350. The molecule has 1 heterocycles. The zero-order valence-electron chi connectivity index (χ0n) is 15.9. The van der Waals surface area contributed by atoms with Crippen LogP contribution in [0.4, 0.5) is 5.69 Å². The van der Waals surface area contributed by atoms with Gasteiger partial charge >= 0.3 is 0 Å². The van der Waals surface area contributed by atoms with Crippen LogP contribution in [0.5, 0.6) is 5.75 Å². The van der Waals surface area contributed by atoms with Gasteiger partial charge in [0.25, 0.3) is 11.6 Å². The summed E-state index contributed by atoms with van der Waals surface area (Å²) < 4.78 is 5.71. The molecule has 154 valence electrons. The first-order chi connectivity index (χ1) is 13.8. The third-order valence-electron chi connectivity index (χ3n) is 4.78. The summed E-state index contributed by atoms with van der Waals surface area (Å²) in [4.78, 5) is 27.2. The van der Waals surface area contributed by atoms with E-state index in [9.17, 15) is 14.9 Å². The summed E-state index contributed by atoms with van der Waals surface area (Å²) in [5.74, 6) is 0.264. The van der Waals surface area contributed by atoms with E-state index in [1.807, 2.05) is 6.07 Å². The van der Waals surface area contributed by atoms with E-state index in [4.69, 9.17) is 27.9 Å². The molecule has 9 heteroatoms. The second-order valence-electron chi connectivity index (χ2n) is 6.84. The molecule has 0 spiro atoms. The van der Waals surface area contributed by atoms with Gasteiger partial charge in [-0.2, -0.15) is 0 Å². The number of halogens is 2. The van der Waals surface area contributed by atoms with Crippen LogP contribution in [0.2, 0.25) is 10.0 Å². The molecule has 1 unspecified atom stereocenters. The Morgan fingerprint density at radius 1 is 1.17 bits per heavy atom. The fourth-order valence-corrected chi connectivity index (χ4v) is 3.56. The number of amides is 1. The Labute approximate surface area is 178 Å². The molecule has 0 aliphatic carbocycles. The van der Waals surface area contributed by atoms with Gasteiger partial charge in [-0.25, -0.2) is 0 Å². The number of hydrogen-bond acceptors (Lipinski definition) is 5. The van der Waals surface area contributed by atoms with Crippen LogP contribution in [-0.4, -0.2) is 52.9 Å². The van der Waals surface area contributed by atoms with Crippen LogP contribution in [0.25, 0.3) is 0 Å². The third kappa shape index (κ3) is 5.38. The van der Waals surface area contributed by atoms with Gasteiger partial charge < -0.3 is 9.64 Å². The molecule has 1 fully saturated rings. The zero-order valence-corrected chi connectivity index (χ0v) is 17.4. The van der Waals surface area contributed by atoms with Crippen LogP contribution < -0.4 is 4.74 Å². The highest BCUT2D eigenvalue weighted by molar-refractivity contribution is 6.42. The number of nitro groups is 1.